The summed E-state index contributed by atoms with van der Waals surface area (Å²) in [7, 11) is -3.93. The van der Waals surface area contributed by atoms with Crippen molar-refractivity contribution < 1.29 is 22.8 Å². The fourth-order valence-electron chi connectivity index (χ4n) is 3.91. The molecule has 1 heterocycles. The van der Waals surface area contributed by atoms with Gasteiger partial charge in [0.15, 0.2) is 0 Å². The minimum atomic E-state index is -3.93. The number of rotatable bonds is 6. The van der Waals surface area contributed by atoms with E-state index in [1.807, 2.05) is 6.92 Å². The second-order valence-corrected chi connectivity index (χ2v) is 10.2. The molecule has 1 fully saturated rings. The lowest BCUT2D eigenvalue weighted by molar-refractivity contribution is -0.122. The van der Waals surface area contributed by atoms with Gasteiger partial charge in [0, 0.05) is 17.1 Å². The standard InChI is InChI=1S/C25H22ClN3O5S/c1-16-6-8-17(9-7-16)24(31)28(15-18-4-2-3-5-21(18)26)22-14-23(30)29(25(22)32)19-10-12-20(13-11-19)35(27,33)34/h2-13,22H,14-15H2,1H3,(H2,27,33,34). The second kappa shape index (κ2) is 9.61. The van der Waals surface area contributed by atoms with Gasteiger partial charge in [-0.3, -0.25) is 14.4 Å². The Bertz CT molecular complexity index is 1410. The lowest BCUT2D eigenvalue weighted by Crippen LogP contribution is -2.45. The van der Waals surface area contributed by atoms with Gasteiger partial charge in [0.25, 0.3) is 11.8 Å². The number of anilines is 1. The third-order valence-corrected chi connectivity index (χ3v) is 7.08. The van der Waals surface area contributed by atoms with Crippen molar-refractivity contribution in [1.29, 1.82) is 0 Å². The molecule has 10 heteroatoms. The molecular weight excluding hydrogens is 490 g/mol. The van der Waals surface area contributed by atoms with Crippen LogP contribution in [0.2, 0.25) is 5.02 Å². The zero-order valence-corrected chi connectivity index (χ0v) is 20.3. The fraction of sp³-hybridized carbons (Fsp3) is 0.160. The molecule has 1 unspecified atom stereocenters. The molecule has 0 aromatic heterocycles. The van der Waals surface area contributed by atoms with E-state index < -0.39 is 33.8 Å². The summed E-state index contributed by atoms with van der Waals surface area (Å²) < 4.78 is 23.1. The number of halogens is 1. The lowest BCUT2D eigenvalue weighted by Gasteiger charge is -2.28. The number of benzene rings is 3. The number of carbonyl (C=O) groups excluding carboxylic acids is 3. The molecule has 1 atom stereocenters. The monoisotopic (exact) mass is 511 g/mol. The molecule has 8 nitrogen and oxygen atoms in total. The minimum Gasteiger partial charge on any atom is -0.322 e. The van der Waals surface area contributed by atoms with Gasteiger partial charge in [-0.05, 0) is 55.0 Å². The van der Waals surface area contributed by atoms with E-state index in [-0.39, 0.29) is 23.5 Å². The van der Waals surface area contributed by atoms with E-state index in [9.17, 15) is 22.8 Å². The predicted molar refractivity (Wildman–Crippen MR) is 131 cm³/mol. The third-order valence-electron chi connectivity index (χ3n) is 5.78. The van der Waals surface area contributed by atoms with Gasteiger partial charge in [-0.1, -0.05) is 47.5 Å². The summed E-state index contributed by atoms with van der Waals surface area (Å²) in [6, 6.07) is 17.9. The van der Waals surface area contributed by atoms with Gasteiger partial charge < -0.3 is 4.90 Å². The summed E-state index contributed by atoms with van der Waals surface area (Å²) in [5, 5.41) is 5.56. The molecule has 0 bridgehead atoms. The van der Waals surface area contributed by atoms with Gasteiger partial charge in [-0.15, -0.1) is 0 Å². The zero-order chi connectivity index (χ0) is 25.3. The summed E-state index contributed by atoms with van der Waals surface area (Å²) in [6.07, 6.45) is -0.224. The number of carbonyl (C=O) groups is 3. The van der Waals surface area contributed by atoms with Gasteiger partial charge in [0.05, 0.1) is 17.0 Å². The van der Waals surface area contributed by atoms with Crippen LogP contribution in [0.3, 0.4) is 0 Å². The summed E-state index contributed by atoms with van der Waals surface area (Å²) in [5.41, 5.74) is 2.17. The van der Waals surface area contributed by atoms with Crippen LogP contribution in [0.1, 0.15) is 27.9 Å². The first-order valence-electron chi connectivity index (χ1n) is 10.7. The Hall–Kier alpha value is -3.53. The first-order chi connectivity index (χ1) is 16.6. The van der Waals surface area contributed by atoms with Crippen LogP contribution in [0.25, 0.3) is 0 Å². The Kier molecular flexibility index (Phi) is 6.75. The third kappa shape index (κ3) is 5.12. The van der Waals surface area contributed by atoms with Crippen molar-refractivity contribution in [2.24, 2.45) is 5.14 Å². The summed E-state index contributed by atoms with van der Waals surface area (Å²) >= 11 is 6.33. The average Bonchev–Trinajstić information content (AvgIpc) is 3.11. The van der Waals surface area contributed by atoms with Crippen LogP contribution in [-0.2, 0) is 26.2 Å². The summed E-state index contributed by atoms with van der Waals surface area (Å²) in [5.74, 6) is -1.52. The maximum atomic E-state index is 13.5. The van der Waals surface area contributed by atoms with E-state index in [0.717, 1.165) is 10.5 Å². The molecule has 0 spiro atoms. The average molecular weight is 512 g/mol. The fourth-order valence-corrected chi connectivity index (χ4v) is 4.62. The van der Waals surface area contributed by atoms with E-state index in [4.69, 9.17) is 16.7 Å². The van der Waals surface area contributed by atoms with Crippen molar-refractivity contribution in [3.8, 4) is 0 Å². The molecule has 0 saturated carbocycles. The van der Waals surface area contributed by atoms with Crippen LogP contribution < -0.4 is 10.0 Å². The SMILES string of the molecule is Cc1ccc(C(=O)N(Cc2ccccc2Cl)C2CC(=O)N(c3ccc(S(N)(=O)=O)cc3)C2=O)cc1. The number of sulfonamides is 1. The van der Waals surface area contributed by atoms with Crippen LogP contribution in [0, 0.1) is 6.92 Å². The van der Waals surface area contributed by atoms with Gasteiger partial charge in [-0.25, -0.2) is 18.5 Å². The van der Waals surface area contributed by atoms with E-state index in [2.05, 4.69) is 0 Å². The second-order valence-electron chi connectivity index (χ2n) is 8.22. The smallest absolute Gasteiger partial charge is 0.257 e. The first-order valence-corrected chi connectivity index (χ1v) is 12.6. The molecule has 0 aliphatic carbocycles. The largest absolute Gasteiger partial charge is 0.322 e. The molecule has 4 rings (SSSR count). The highest BCUT2D eigenvalue weighted by atomic mass is 35.5. The van der Waals surface area contributed by atoms with Gasteiger partial charge >= 0.3 is 0 Å². The highest BCUT2D eigenvalue weighted by Crippen LogP contribution is 2.29. The maximum absolute atomic E-state index is 13.5. The van der Waals surface area contributed by atoms with E-state index >= 15 is 0 Å². The Morgan fingerprint density at radius 2 is 1.66 bits per heavy atom. The molecule has 3 aromatic carbocycles. The van der Waals surface area contributed by atoms with Gasteiger partial charge in [0.1, 0.15) is 6.04 Å². The Labute approximate surface area is 208 Å². The van der Waals surface area contributed by atoms with Crippen molar-refractivity contribution in [2.75, 3.05) is 4.90 Å². The van der Waals surface area contributed by atoms with Crippen molar-refractivity contribution in [1.82, 2.24) is 4.90 Å². The van der Waals surface area contributed by atoms with Crippen LogP contribution in [-0.4, -0.2) is 37.1 Å². The van der Waals surface area contributed by atoms with E-state index in [0.29, 0.717) is 16.1 Å². The molecule has 180 valence electrons. The van der Waals surface area contributed by atoms with Crippen molar-refractivity contribution in [2.45, 2.75) is 30.8 Å². The number of imide groups is 1. The van der Waals surface area contributed by atoms with Crippen LogP contribution >= 0.6 is 11.6 Å². The number of aryl methyl sites for hydroxylation is 1. The van der Waals surface area contributed by atoms with E-state index in [1.165, 1.54) is 29.2 Å². The first kappa shape index (κ1) is 24.6. The molecule has 35 heavy (non-hydrogen) atoms. The molecule has 1 saturated heterocycles. The Morgan fingerprint density at radius 3 is 2.26 bits per heavy atom. The molecular formula is C25H22ClN3O5S. The number of primary sulfonamides is 1. The summed E-state index contributed by atoms with van der Waals surface area (Å²) in [4.78, 5) is 42.0. The molecule has 1 aliphatic heterocycles. The highest BCUT2D eigenvalue weighted by Gasteiger charge is 2.44. The molecule has 1 aliphatic rings. The van der Waals surface area contributed by atoms with Gasteiger partial charge in [0.2, 0.25) is 15.9 Å². The topological polar surface area (TPSA) is 118 Å². The van der Waals surface area contributed by atoms with Crippen LogP contribution in [0.15, 0.2) is 77.7 Å². The zero-order valence-electron chi connectivity index (χ0n) is 18.7. The number of nitrogens with two attached hydrogens (primary N) is 1. The predicted octanol–water partition coefficient (Wildman–Crippen LogP) is 3.27. The highest BCUT2D eigenvalue weighted by molar-refractivity contribution is 7.89. The van der Waals surface area contributed by atoms with E-state index in [1.54, 1.807) is 48.5 Å². The molecule has 2 N–H and O–H groups in total. The molecule has 0 radical (unpaired) electrons. The van der Waals surface area contributed by atoms with Crippen molar-refractivity contribution in [3.63, 3.8) is 0 Å². The Morgan fingerprint density at radius 1 is 1.03 bits per heavy atom. The van der Waals surface area contributed by atoms with Crippen LogP contribution in [0.5, 0.6) is 0 Å². The molecule has 3 amide bonds. The van der Waals surface area contributed by atoms with Crippen LogP contribution in [0.4, 0.5) is 5.69 Å². The Balaban J connectivity index is 1.69. The summed E-state index contributed by atoms with van der Waals surface area (Å²) in [6.45, 7) is 1.92. The molecule has 3 aromatic rings. The quantitative estimate of drug-likeness (QED) is 0.509. The van der Waals surface area contributed by atoms with Gasteiger partial charge in [-0.2, -0.15) is 0 Å². The van der Waals surface area contributed by atoms with Crippen molar-refractivity contribution >= 4 is 45.0 Å². The number of hydrogen-bond donors (Lipinski definition) is 1. The number of amides is 3. The number of hydrogen-bond acceptors (Lipinski definition) is 5. The minimum absolute atomic E-state index is 0.0221. The van der Waals surface area contributed by atoms with Crippen molar-refractivity contribution in [3.05, 3.63) is 94.5 Å². The maximum Gasteiger partial charge on any atom is 0.257 e. The number of nitrogens with zero attached hydrogens (tertiary/aromatic N) is 2. The normalized spacial score (nSPS) is 16.0. The lowest BCUT2D eigenvalue weighted by atomic mass is 10.1.